The summed E-state index contributed by atoms with van der Waals surface area (Å²) in [5.74, 6) is 0.827. The van der Waals surface area contributed by atoms with E-state index in [9.17, 15) is 9.59 Å². The summed E-state index contributed by atoms with van der Waals surface area (Å²) < 4.78 is 1.83. The summed E-state index contributed by atoms with van der Waals surface area (Å²) >= 11 is 0. The van der Waals surface area contributed by atoms with Crippen LogP contribution in [-0.2, 0) is 22.6 Å². The van der Waals surface area contributed by atoms with E-state index >= 15 is 0 Å². The third-order valence-corrected chi connectivity index (χ3v) is 6.19. The molecule has 1 aliphatic heterocycles. The number of likely N-dealkylation sites (tertiary alicyclic amines) is 1. The first-order chi connectivity index (χ1) is 14.9. The molecular weight excluding hydrogens is 392 g/mol. The van der Waals surface area contributed by atoms with Gasteiger partial charge in [-0.1, -0.05) is 0 Å². The van der Waals surface area contributed by atoms with Gasteiger partial charge in [-0.05, 0) is 56.5 Å². The van der Waals surface area contributed by atoms with E-state index in [1.165, 1.54) is 11.1 Å². The van der Waals surface area contributed by atoms with E-state index in [2.05, 4.69) is 46.4 Å². The van der Waals surface area contributed by atoms with Gasteiger partial charge in [0.1, 0.15) is 5.82 Å². The lowest BCUT2D eigenvalue weighted by Gasteiger charge is -2.16. The number of benzene rings is 1. The lowest BCUT2D eigenvalue weighted by molar-refractivity contribution is -0.131. The Labute approximate surface area is 182 Å². The third kappa shape index (κ3) is 4.78. The average Bonchev–Trinajstić information content (AvgIpc) is 3.46. The van der Waals surface area contributed by atoms with Gasteiger partial charge in [0.05, 0.1) is 17.0 Å². The summed E-state index contributed by atoms with van der Waals surface area (Å²) in [4.78, 5) is 34.8. The molecule has 3 heterocycles. The van der Waals surface area contributed by atoms with Gasteiger partial charge in [-0.15, -0.1) is 0 Å². The Morgan fingerprint density at radius 3 is 2.81 bits per heavy atom. The van der Waals surface area contributed by atoms with Crippen molar-refractivity contribution in [3.05, 3.63) is 47.0 Å². The van der Waals surface area contributed by atoms with E-state index in [1.54, 1.807) is 11.1 Å². The molecule has 2 aromatic heterocycles. The Bertz CT molecular complexity index is 1060. The molecule has 0 radical (unpaired) electrons. The van der Waals surface area contributed by atoms with Crippen LogP contribution in [0.1, 0.15) is 35.5 Å². The van der Waals surface area contributed by atoms with Gasteiger partial charge in [0.15, 0.2) is 0 Å². The van der Waals surface area contributed by atoms with Crippen LogP contribution in [0.3, 0.4) is 0 Å². The van der Waals surface area contributed by atoms with E-state index in [1.807, 2.05) is 17.7 Å². The Morgan fingerprint density at radius 1 is 1.23 bits per heavy atom. The minimum absolute atomic E-state index is 0.0148. The molecule has 4 rings (SSSR count). The molecule has 2 N–H and O–H groups in total. The second-order valence-electron chi connectivity index (χ2n) is 8.45. The van der Waals surface area contributed by atoms with Gasteiger partial charge in [0.25, 0.3) is 0 Å². The van der Waals surface area contributed by atoms with E-state index in [-0.39, 0.29) is 17.7 Å². The number of carbonyl (C=O) groups excluding carboxylic acids is 2. The molecule has 0 saturated carbocycles. The van der Waals surface area contributed by atoms with Gasteiger partial charge in [0.2, 0.25) is 11.8 Å². The summed E-state index contributed by atoms with van der Waals surface area (Å²) in [6.07, 6.45) is 3.50. The number of H-pyrrole nitrogens is 1. The quantitative estimate of drug-likeness (QED) is 0.611. The number of carbonyl (C=O) groups is 2. The van der Waals surface area contributed by atoms with Crippen molar-refractivity contribution in [2.24, 2.45) is 5.92 Å². The van der Waals surface area contributed by atoms with Crippen LogP contribution in [0.15, 0.2) is 24.4 Å². The zero-order valence-electron chi connectivity index (χ0n) is 18.4. The van der Waals surface area contributed by atoms with Gasteiger partial charge in [0, 0.05) is 50.9 Å². The SMILES string of the molecule is Cc1cc2nc(CCNC(=O)C3CCN(C(=O)CCn4nccc4C)C3)[nH]c2cc1C. The number of nitrogens with zero attached hydrogens (tertiary/aromatic N) is 4. The van der Waals surface area contributed by atoms with Crippen molar-refractivity contribution in [1.29, 1.82) is 0 Å². The molecule has 1 aliphatic rings. The van der Waals surface area contributed by atoms with Crippen LogP contribution < -0.4 is 5.32 Å². The highest BCUT2D eigenvalue weighted by Gasteiger charge is 2.30. The maximum Gasteiger partial charge on any atom is 0.224 e. The molecule has 1 unspecified atom stereocenters. The molecule has 0 bridgehead atoms. The zero-order chi connectivity index (χ0) is 22.0. The zero-order valence-corrected chi connectivity index (χ0v) is 18.4. The van der Waals surface area contributed by atoms with Crippen LogP contribution in [-0.4, -0.2) is 56.1 Å². The van der Waals surface area contributed by atoms with E-state index in [4.69, 9.17) is 0 Å². The monoisotopic (exact) mass is 422 g/mol. The number of imidazole rings is 1. The highest BCUT2D eigenvalue weighted by Crippen LogP contribution is 2.19. The van der Waals surface area contributed by atoms with Crippen molar-refractivity contribution in [3.8, 4) is 0 Å². The van der Waals surface area contributed by atoms with E-state index in [0.717, 1.165) is 22.6 Å². The van der Waals surface area contributed by atoms with Gasteiger partial charge >= 0.3 is 0 Å². The molecule has 3 aromatic rings. The molecule has 0 spiro atoms. The Kier molecular flexibility index (Phi) is 6.06. The topological polar surface area (TPSA) is 95.9 Å². The molecule has 2 amide bonds. The largest absolute Gasteiger partial charge is 0.355 e. The van der Waals surface area contributed by atoms with Gasteiger partial charge in [-0.2, -0.15) is 5.10 Å². The normalized spacial score (nSPS) is 16.2. The van der Waals surface area contributed by atoms with Gasteiger partial charge < -0.3 is 15.2 Å². The van der Waals surface area contributed by atoms with Crippen LogP contribution in [0, 0.1) is 26.7 Å². The minimum Gasteiger partial charge on any atom is -0.355 e. The second-order valence-corrected chi connectivity index (χ2v) is 8.45. The maximum absolute atomic E-state index is 12.6. The first-order valence-corrected chi connectivity index (χ1v) is 10.9. The molecule has 8 heteroatoms. The summed E-state index contributed by atoms with van der Waals surface area (Å²) in [5, 5.41) is 7.22. The Balaban J connectivity index is 1.22. The Hall–Kier alpha value is -3.16. The van der Waals surface area contributed by atoms with Crippen molar-refractivity contribution < 1.29 is 9.59 Å². The predicted molar refractivity (Wildman–Crippen MR) is 119 cm³/mol. The van der Waals surface area contributed by atoms with Crippen molar-refractivity contribution in [2.75, 3.05) is 19.6 Å². The van der Waals surface area contributed by atoms with Crippen LogP contribution in [0.5, 0.6) is 0 Å². The number of hydrogen-bond donors (Lipinski definition) is 2. The number of aromatic nitrogens is 4. The number of aryl methyl sites for hydroxylation is 4. The number of fused-ring (bicyclic) bond motifs is 1. The minimum atomic E-state index is -0.142. The second kappa shape index (κ2) is 8.91. The lowest BCUT2D eigenvalue weighted by atomic mass is 10.1. The average molecular weight is 423 g/mol. The van der Waals surface area contributed by atoms with Gasteiger partial charge in [-0.25, -0.2) is 4.98 Å². The summed E-state index contributed by atoms with van der Waals surface area (Å²) in [6, 6.07) is 6.12. The summed E-state index contributed by atoms with van der Waals surface area (Å²) in [6.45, 7) is 8.37. The van der Waals surface area contributed by atoms with Crippen molar-refractivity contribution in [1.82, 2.24) is 30.0 Å². The summed E-state index contributed by atoms with van der Waals surface area (Å²) in [7, 11) is 0. The molecule has 1 fully saturated rings. The standard InChI is InChI=1S/C23H30N6O2/c1-15-12-19-20(13-16(15)2)27-21(26-19)5-8-24-23(31)18-6-10-28(14-18)22(30)7-11-29-17(3)4-9-25-29/h4,9,12-13,18H,5-8,10-11,14H2,1-3H3,(H,24,31)(H,26,27). The van der Waals surface area contributed by atoms with Crippen LogP contribution in [0.2, 0.25) is 0 Å². The molecule has 0 aliphatic carbocycles. The highest BCUT2D eigenvalue weighted by molar-refractivity contribution is 5.82. The lowest BCUT2D eigenvalue weighted by Crippen LogP contribution is -2.35. The number of nitrogens with one attached hydrogen (secondary N) is 2. The van der Waals surface area contributed by atoms with Crippen LogP contribution >= 0.6 is 0 Å². The highest BCUT2D eigenvalue weighted by atomic mass is 16.2. The predicted octanol–water partition coefficient (Wildman–Crippen LogP) is 2.28. The molecule has 8 nitrogen and oxygen atoms in total. The number of amides is 2. The fourth-order valence-corrected chi connectivity index (χ4v) is 4.08. The van der Waals surface area contributed by atoms with E-state index in [0.29, 0.717) is 45.4 Å². The van der Waals surface area contributed by atoms with Crippen molar-refractivity contribution >= 4 is 22.8 Å². The molecule has 1 saturated heterocycles. The van der Waals surface area contributed by atoms with E-state index < -0.39 is 0 Å². The number of rotatable bonds is 7. The fraction of sp³-hybridized carbons (Fsp3) is 0.478. The van der Waals surface area contributed by atoms with Crippen LogP contribution in [0.25, 0.3) is 11.0 Å². The Morgan fingerprint density at radius 2 is 2.03 bits per heavy atom. The molecule has 1 aromatic carbocycles. The third-order valence-electron chi connectivity index (χ3n) is 6.19. The van der Waals surface area contributed by atoms with Crippen molar-refractivity contribution in [3.63, 3.8) is 0 Å². The summed E-state index contributed by atoms with van der Waals surface area (Å²) in [5.41, 5.74) is 5.48. The van der Waals surface area contributed by atoms with Crippen molar-refractivity contribution in [2.45, 2.75) is 46.6 Å². The smallest absolute Gasteiger partial charge is 0.224 e. The van der Waals surface area contributed by atoms with Gasteiger partial charge in [-0.3, -0.25) is 14.3 Å². The van der Waals surface area contributed by atoms with Crippen LogP contribution in [0.4, 0.5) is 0 Å². The first kappa shape index (κ1) is 21.1. The molecule has 31 heavy (non-hydrogen) atoms. The molecular formula is C23H30N6O2. The number of aromatic amines is 1. The molecule has 1 atom stereocenters. The first-order valence-electron chi connectivity index (χ1n) is 10.9. The maximum atomic E-state index is 12.6. The fourth-order valence-electron chi connectivity index (χ4n) is 4.08. The number of hydrogen-bond acceptors (Lipinski definition) is 4. The molecule has 164 valence electrons.